The van der Waals surface area contributed by atoms with Crippen LogP contribution in [0.3, 0.4) is 0 Å². The van der Waals surface area contributed by atoms with Gasteiger partial charge in [0.2, 0.25) is 0 Å². The van der Waals surface area contributed by atoms with Gasteiger partial charge < -0.3 is 20.3 Å². The van der Waals surface area contributed by atoms with E-state index >= 15 is 0 Å². The van der Waals surface area contributed by atoms with Crippen LogP contribution in [0.4, 0.5) is 15.3 Å². The van der Waals surface area contributed by atoms with Gasteiger partial charge in [0, 0.05) is 29.8 Å². The number of carbonyl (C=O) groups is 2. The molecule has 0 radical (unpaired) electrons. The Morgan fingerprint density at radius 3 is 2.92 bits per heavy atom. The van der Waals surface area contributed by atoms with E-state index in [9.17, 15) is 9.59 Å². The van der Waals surface area contributed by atoms with Crippen LogP contribution < -0.4 is 10.6 Å². The van der Waals surface area contributed by atoms with Crippen molar-refractivity contribution >= 4 is 29.6 Å². The van der Waals surface area contributed by atoms with Crippen LogP contribution in [0.15, 0.2) is 24.3 Å². The molecular weight excluding hydrogens is 338 g/mol. The second-order valence-corrected chi connectivity index (χ2v) is 7.80. The molecule has 3 rings (SSSR count). The van der Waals surface area contributed by atoms with E-state index in [-0.39, 0.29) is 12.1 Å². The molecule has 2 aliphatic rings. The Balaban J connectivity index is 1.40. The molecule has 0 unspecified atom stereocenters. The van der Waals surface area contributed by atoms with Crippen LogP contribution in [-0.4, -0.2) is 47.7 Å². The number of benzene rings is 1. The molecule has 1 aliphatic heterocycles. The number of anilines is 1. The molecule has 0 atom stereocenters. The summed E-state index contributed by atoms with van der Waals surface area (Å²) >= 11 is 1.96. The second kappa shape index (κ2) is 8.99. The molecule has 2 fully saturated rings. The molecule has 1 heterocycles. The molecule has 25 heavy (non-hydrogen) atoms. The number of amides is 3. The van der Waals surface area contributed by atoms with Gasteiger partial charge in [0.15, 0.2) is 0 Å². The molecule has 1 aliphatic carbocycles. The fourth-order valence-electron chi connectivity index (χ4n) is 3.16. The highest BCUT2D eigenvalue weighted by Gasteiger charge is 2.21. The molecule has 3 amide bonds. The van der Waals surface area contributed by atoms with Gasteiger partial charge in [0.25, 0.3) is 0 Å². The van der Waals surface area contributed by atoms with Crippen LogP contribution in [0.1, 0.15) is 31.2 Å². The molecule has 2 N–H and O–H groups in total. The molecule has 0 spiro atoms. The number of ether oxygens (including phenoxy) is 1. The molecule has 1 saturated carbocycles. The van der Waals surface area contributed by atoms with Gasteiger partial charge in [-0.25, -0.2) is 9.59 Å². The van der Waals surface area contributed by atoms with Crippen LogP contribution in [0, 0.1) is 0 Å². The number of nitrogens with one attached hydrogen (secondary N) is 2. The number of urea groups is 1. The van der Waals surface area contributed by atoms with Crippen LogP contribution in [0.5, 0.6) is 0 Å². The Morgan fingerprint density at radius 1 is 1.32 bits per heavy atom. The first kappa shape index (κ1) is 17.9. The van der Waals surface area contributed by atoms with Crippen molar-refractivity contribution in [2.24, 2.45) is 0 Å². The third kappa shape index (κ3) is 5.56. The largest absolute Gasteiger partial charge is 0.448 e. The van der Waals surface area contributed by atoms with Crippen molar-refractivity contribution in [2.45, 2.75) is 37.5 Å². The van der Waals surface area contributed by atoms with Gasteiger partial charge >= 0.3 is 12.1 Å². The van der Waals surface area contributed by atoms with Crippen molar-refractivity contribution < 1.29 is 14.3 Å². The second-order valence-electron chi connectivity index (χ2n) is 6.39. The third-order valence-corrected chi connectivity index (χ3v) is 5.83. The SMILES string of the molecule is O=C(NCCSC1CCCC1)Nc1cccc(CN2CCOC2=O)c1. The Morgan fingerprint density at radius 2 is 2.16 bits per heavy atom. The number of hydrogen-bond donors (Lipinski definition) is 2. The first-order valence-electron chi connectivity index (χ1n) is 8.88. The van der Waals surface area contributed by atoms with Gasteiger partial charge in [0.1, 0.15) is 6.61 Å². The molecule has 136 valence electrons. The van der Waals surface area contributed by atoms with E-state index in [4.69, 9.17) is 4.74 Å². The predicted molar refractivity (Wildman–Crippen MR) is 99.9 cm³/mol. The summed E-state index contributed by atoms with van der Waals surface area (Å²) in [6, 6.07) is 7.36. The number of cyclic esters (lactones) is 1. The van der Waals surface area contributed by atoms with E-state index < -0.39 is 0 Å². The van der Waals surface area contributed by atoms with E-state index in [1.165, 1.54) is 25.7 Å². The Bertz CT molecular complexity index is 605. The van der Waals surface area contributed by atoms with Crippen molar-refractivity contribution in [3.63, 3.8) is 0 Å². The summed E-state index contributed by atoms with van der Waals surface area (Å²) in [6.45, 7) is 2.22. The van der Waals surface area contributed by atoms with Gasteiger partial charge in [-0.05, 0) is 30.5 Å². The van der Waals surface area contributed by atoms with Crippen LogP contribution >= 0.6 is 11.8 Å². The van der Waals surface area contributed by atoms with Gasteiger partial charge in [0.05, 0.1) is 6.54 Å². The minimum Gasteiger partial charge on any atom is -0.448 e. The molecule has 0 bridgehead atoms. The molecular formula is C18H25N3O3S. The summed E-state index contributed by atoms with van der Waals surface area (Å²) in [5.74, 6) is 0.954. The zero-order chi connectivity index (χ0) is 17.5. The summed E-state index contributed by atoms with van der Waals surface area (Å²) in [5, 5.41) is 6.53. The molecule has 1 saturated heterocycles. The minimum atomic E-state index is -0.282. The maximum atomic E-state index is 12.0. The number of nitrogens with zero attached hydrogens (tertiary/aromatic N) is 1. The summed E-state index contributed by atoms with van der Waals surface area (Å²) in [4.78, 5) is 25.2. The van der Waals surface area contributed by atoms with E-state index in [1.807, 2.05) is 36.0 Å². The number of hydrogen-bond acceptors (Lipinski definition) is 4. The quantitative estimate of drug-likeness (QED) is 0.728. The van der Waals surface area contributed by atoms with Crippen molar-refractivity contribution in [1.82, 2.24) is 10.2 Å². The standard InChI is InChI=1S/C18H25N3O3S/c22-17(19-8-11-25-16-6-1-2-7-16)20-15-5-3-4-14(12-15)13-21-9-10-24-18(21)23/h3-5,12,16H,1-2,6-11,13H2,(H2,19,20,22). The Labute approximate surface area is 152 Å². The van der Waals surface area contributed by atoms with Gasteiger partial charge in [-0.1, -0.05) is 25.0 Å². The van der Waals surface area contributed by atoms with Gasteiger partial charge in [-0.2, -0.15) is 11.8 Å². The summed E-state index contributed by atoms with van der Waals surface area (Å²) in [6.07, 6.45) is 5.03. The lowest BCUT2D eigenvalue weighted by molar-refractivity contribution is 0.157. The average molecular weight is 363 g/mol. The molecule has 7 heteroatoms. The number of rotatable bonds is 7. The van der Waals surface area contributed by atoms with E-state index in [0.29, 0.717) is 26.2 Å². The summed E-state index contributed by atoms with van der Waals surface area (Å²) < 4.78 is 4.93. The average Bonchev–Trinajstić information content (AvgIpc) is 3.24. The van der Waals surface area contributed by atoms with Crippen LogP contribution in [0.2, 0.25) is 0 Å². The minimum absolute atomic E-state index is 0.190. The first-order chi connectivity index (χ1) is 12.2. The molecule has 1 aromatic carbocycles. The Kier molecular flexibility index (Phi) is 6.44. The Hall–Kier alpha value is -1.89. The molecule has 6 nitrogen and oxygen atoms in total. The summed E-state index contributed by atoms with van der Waals surface area (Å²) in [5.41, 5.74) is 1.69. The molecule has 1 aromatic rings. The number of thioether (sulfide) groups is 1. The zero-order valence-corrected chi connectivity index (χ0v) is 15.1. The lowest BCUT2D eigenvalue weighted by atomic mass is 10.2. The molecule has 0 aromatic heterocycles. The lowest BCUT2D eigenvalue weighted by Crippen LogP contribution is -2.30. The van der Waals surface area contributed by atoms with Crippen LogP contribution in [0.25, 0.3) is 0 Å². The maximum absolute atomic E-state index is 12.0. The fourth-order valence-corrected chi connectivity index (χ4v) is 4.38. The van der Waals surface area contributed by atoms with Crippen molar-refractivity contribution in [1.29, 1.82) is 0 Å². The highest BCUT2D eigenvalue weighted by molar-refractivity contribution is 7.99. The van der Waals surface area contributed by atoms with Gasteiger partial charge in [-0.3, -0.25) is 0 Å². The lowest BCUT2D eigenvalue weighted by Gasteiger charge is -2.14. The third-order valence-electron chi connectivity index (χ3n) is 4.45. The van der Waals surface area contributed by atoms with E-state index in [2.05, 4.69) is 10.6 Å². The monoisotopic (exact) mass is 363 g/mol. The fraction of sp³-hybridized carbons (Fsp3) is 0.556. The zero-order valence-electron chi connectivity index (χ0n) is 14.3. The van der Waals surface area contributed by atoms with E-state index in [0.717, 1.165) is 22.3 Å². The van der Waals surface area contributed by atoms with E-state index in [1.54, 1.807) is 4.90 Å². The van der Waals surface area contributed by atoms with Crippen LogP contribution in [-0.2, 0) is 11.3 Å². The normalized spacial score (nSPS) is 17.6. The highest BCUT2D eigenvalue weighted by atomic mass is 32.2. The summed E-state index contributed by atoms with van der Waals surface area (Å²) in [7, 11) is 0. The highest BCUT2D eigenvalue weighted by Crippen LogP contribution is 2.28. The first-order valence-corrected chi connectivity index (χ1v) is 9.93. The predicted octanol–water partition coefficient (Wildman–Crippen LogP) is 3.44. The van der Waals surface area contributed by atoms with Gasteiger partial charge in [-0.15, -0.1) is 0 Å². The van der Waals surface area contributed by atoms with Crippen molar-refractivity contribution in [2.75, 3.05) is 30.8 Å². The smallest absolute Gasteiger partial charge is 0.410 e. The number of carbonyl (C=O) groups excluding carboxylic acids is 2. The van der Waals surface area contributed by atoms with Crippen molar-refractivity contribution in [3.8, 4) is 0 Å². The maximum Gasteiger partial charge on any atom is 0.410 e. The topological polar surface area (TPSA) is 70.7 Å². The van der Waals surface area contributed by atoms with Crippen molar-refractivity contribution in [3.05, 3.63) is 29.8 Å².